The highest BCUT2D eigenvalue weighted by atomic mass is 16.5. The average molecular weight is 219 g/mol. The zero-order valence-electron chi connectivity index (χ0n) is 8.81. The summed E-state index contributed by atoms with van der Waals surface area (Å²) in [5.41, 5.74) is 0.451. The Labute approximate surface area is 91.6 Å². The Kier molecular flexibility index (Phi) is 2.23. The van der Waals surface area contributed by atoms with E-state index in [1.165, 1.54) is 14.0 Å². The van der Waals surface area contributed by atoms with Gasteiger partial charge in [0.15, 0.2) is 0 Å². The second-order valence-electron chi connectivity index (χ2n) is 3.34. The molecule has 0 spiro atoms. The lowest BCUT2D eigenvalue weighted by Gasteiger charge is -2.11. The van der Waals surface area contributed by atoms with E-state index in [0.717, 1.165) is 4.90 Å². The molecule has 82 valence electrons. The quantitative estimate of drug-likeness (QED) is 0.654. The summed E-state index contributed by atoms with van der Waals surface area (Å²) >= 11 is 0. The summed E-state index contributed by atoms with van der Waals surface area (Å²) < 4.78 is 4.99. The van der Waals surface area contributed by atoms with Gasteiger partial charge >= 0.3 is 5.91 Å². The molecule has 2 amide bonds. The predicted molar refractivity (Wildman–Crippen MR) is 55.5 cm³/mol. The molecule has 1 heterocycles. The largest absolute Gasteiger partial charge is 0.496 e. The van der Waals surface area contributed by atoms with Gasteiger partial charge in [-0.15, -0.1) is 0 Å². The van der Waals surface area contributed by atoms with Crippen molar-refractivity contribution < 1.29 is 19.1 Å². The van der Waals surface area contributed by atoms with Crippen LogP contribution < -0.4 is 9.64 Å². The Balaban J connectivity index is 2.69. The zero-order chi connectivity index (χ0) is 11.9. The molecule has 1 aliphatic heterocycles. The standard InChI is InChI=1S/C11H9NO4/c1-6(13)12-7-4-3-5-8(16-2)9(7)10(14)11(12)15/h3-5H,1-2H3. The molecule has 0 aliphatic carbocycles. The smallest absolute Gasteiger partial charge is 0.306 e. The summed E-state index contributed by atoms with van der Waals surface area (Å²) in [6.45, 7) is 1.24. The second-order valence-corrected chi connectivity index (χ2v) is 3.34. The van der Waals surface area contributed by atoms with E-state index >= 15 is 0 Å². The molecule has 5 heteroatoms. The number of ether oxygens (including phenoxy) is 1. The summed E-state index contributed by atoms with van der Waals surface area (Å²) in [5.74, 6) is -1.71. The number of amides is 2. The minimum absolute atomic E-state index is 0.158. The first-order chi connectivity index (χ1) is 7.57. The second kappa shape index (κ2) is 3.44. The fourth-order valence-corrected chi connectivity index (χ4v) is 1.73. The van der Waals surface area contributed by atoms with E-state index in [9.17, 15) is 14.4 Å². The van der Waals surface area contributed by atoms with Gasteiger partial charge in [-0.2, -0.15) is 0 Å². The van der Waals surface area contributed by atoms with Crippen LogP contribution in [0.25, 0.3) is 0 Å². The molecule has 0 bridgehead atoms. The summed E-state index contributed by atoms with van der Waals surface area (Å²) in [5, 5.41) is 0. The summed E-state index contributed by atoms with van der Waals surface area (Å²) in [4.78, 5) is 35.4. The van der Waals surface area contributed by atoms with E-state index in [1.807, 2.05) is 0 Å². The van der Waals surface area contributed by atoms with Gasteiger partial charge in [0.1, 0.15) is 5.75 Å². The Morgan fingerprint density at radius 2 is 2.00 bits per heavy atom. The van der Waals surface area contributed by atoms with Crippen molar-refractivity contribution in [3.8, 4) is 5.75 Å². The molecule has 0 saturated heterocycles. The highest BCUT2D eigenvalue weighted by Gasteiger charge is 2.40. The normalized spacial score (nSPS) is 14.0. The maximum absolute atomic E-state index is 11.7. The van der Waals surface area contributed by atoms with Crippen LogP contribution in [0.15, 0.2) is 18.2 Å². The van der Waals surface area contributed by atoms with Gasteiger partial charge in [-0.05, 0) is 12.1 Å². The van der Waals surface area contributed by atoms with Gasteiger partial charge in [0.2, 0.25) is 5.91 Å². The highest BCUT2D eigenvalue weighted by molar-refractivity contribution is 6.56. The van der Waals surface area contributed by atoms with E-state index in [1.54, 1.807) is 18.2 Å². The first-order valence-electron chi connectivity index (χ1n) is 4.64. The molecule has 0 N–H and O–H groups in total. The first-order valence-corrected chi connectivity index (χ1v) is 4.64. The number of hydrogen-bond donors (Lipinski definition) is 0. The van der Waals surface area contributed by atoms with Crippen LogP contribution in [0.1, 0.15) is 17.3 Å². The SMILES string of the molecule is COc1cccc2c1C(=O)C(=O)N2C(C)=O. The number of benzene rings is 1. The van der Waals surface area contributed by atoms with Crippen LogP contribution in [-0.2, 0) is 9.59 Å². The van der Waals surface area contributed by atoms with Crippen molar-refractivity contribution in [1.82, 2.24) is 0 Å². The van der Waals surface area contributed by atoms with Gasteiger partial charge in [-0.3, -0.25) is 14.4 Å². The lowest BCUT2D eigenvalue weighted by atomic mass is 10.1. The van der Waals surface area contributed by atoms with Crippen molar-refractivity contribution in [1.29, 1.82) is 0 Å². The Hall–Kier alpha value is -2.17. The van der Waals surface area contributed by atoms with Crippen molar-refractivity contribution in [3.05, 3.63) is 23.8 Å². The third kappa shape index (κ3) is 1.21. The van der Waals surface area contributed by atoms with Crippen molar-refractivity contribution in [2.75, 3.05) is 12.0 Å². The minimum atomic E-state index is -0.827. The van der Waals surface area contributed by atoms with Crippen LogP contribution in [0.4, 0.5) is 5.69 Å². The van der Waals surface area contributed by atoms with Crippen LogP contribution in [0.5, 0.6) is 5.75 Å². The van der Waals surface area contributed by atoms with Gasteiger partial charge in [-0.25, -0.2) is 4.90 Å². The van der Waals surface area contributed by atoms with Gasteiger partial charge in [-0.1, -0.05) is 6.07 Å². The molecule has 0 unspecified atom stereocenters. The monoisotopic (exact) mass is 219 g/mol. The third-order valence-electron chi connectivity index (χ3n) is 2.40. The number of Topliss-reactive ketones (excluding diaryl/α,β-unsaturated/α-hetero) is 1. The van der Waals surface area contributed by atoms with Gasteiger partial charge < -0.3 is 4.74 Å². The minimum Gasteiger partial charge on any atom is -0.496 e. The third-order valence-corrected chi connectivity index (χ3v) is 2.40. The first kappa shape index (κ1) is 10.4. The number of ketones is 1. The molecular weight excluding hydrogens is 210 g/mol. The number of anilines is 1. The van der Waals surface area contributed by atoms with Crippen LogP contribution >= 0.6 is 0 Å². The number of nitrogens with zero attached hydrogens (tertiary/aromatic N) is 1. The number of carbonyl (C=O) groups excluding carboxylic acids is 3. The lowest BCUT2D eigenvalue weighted by molar-refractivity contribution is -0.122. The van der Waals surface area contributed by atoms with E-state index in [2.05, 4.69) is 0 Å². The van der Waals surface area contributed by atoms with Crippen LogP contribution in [0.3, 0.4) is 0 Å². The molecule has 1 aliphatic rings. The predicted octanol–water partition coefficient (Wildman–Crippen LogP) is 0.771. The molecule has 0 radical (unpaired) electrons. The average Bonchev–Trinajstić information content (AvgIpc) is 2.51. The molecule has 0 aromatic heterocycles. The van der Waals surface area contributed by atoms with Crippen molar-refractivity contribution >= 4 is 23.3 Å². The maximum atomic E-state index is 11.7. The fourth-order valence-electron chi connectivity index (χ4n) is 1.73. The van der Waals surface area contributed by atoms with E-state index in [-0.39, 0.29) is 5.56 Å². The van der Waals surface area contributed by atoms with Crippen LogP contribution in [-0.4, -0.2) is 24.7 Å². The Bertz CT molecular complexity index is 507. The summed E-state index contributed by atoms with van der Waals surface area (Å²) in [6, 6.07) is 4.75. The topological polar surface area (TPSA) is 63.7 Å². The number of hydrogen-bond acceptors (Lipinski definition) is 4. The number of fused-ring (bicyclic) bond motifs is 1. The molecule has 1 aromatic carbocycles. The molecule has 16 heavy (non-hydrogen) atoms. The molecule has 1 aromatic rings. The van der Waals surface area contributed by atoms with Crippen LogP contribution in [0.2, 0.25) is 0 Å². The Morgan fingerprint density at radius 3 is 2.56 bits per heavy atom. The van der Waals surface area contributed by atoms with Crippen molar-refractivity contribution in [3.63, 3.8) is 0 Å². The molecule has 0 fully saturated rings. The molecular formula is C11H9NO4. The fraction of sp³-hybridized carbons (Fsp3) is 0.182. The number of imide groups is 1. The van der Waals surface area contributed by atoms with Gasteiger partial charge in [0.05, 0.1) is 18.4 Å². The number of carbonyl (C=O) groups is 3. The highest BCUT2D eigenvalue weighted by Crippen LogP contribution is 2.35. The summed E-state index contributed by atoms with van der Waals surface area (Å²) in [6.07, 6.45) is 0. The van der Waals surface area contributed by atoms with Crippen molar-refractivity contribution in [2.24, 2.45) is 0 Å². The van der Waals surface area contributed by atoms with Gasteiger partial charge in [0, 0.05) is 6.92 Å². The molecule has 0 atom stereocenters. The maximum Gasteiger partial charge on any atom is 0.306 e. The van der Waals surface area contributed by atoms with E-state index in [4.69, 9.17) is 4.74 Å². The number of methoxy groups -OCH3 is 1. The molecule has 2 rings (SSSR count). The lowest BCUT2D eigenvalue weighted by Crippen LogP contribution is -2.33. The van der Waals surface area contributed by atoms with Gasteiger partial charge in [0.25, 0.3) is 5.78 Å². The molecule has 5 nitrogen and oxygen atoms in total. The zero-order valence-corrected chi connectivity index (χ0v) is 8.81. The van der Waals surface area contributed by atoms with E-state index < -0.39 is 17.6 Å². The van der Waals surface area contributed by atoms with Crippen molar-refractivity contribution in [2.45, 2.75) is 6.92 Å². The molecule has 0 saturated carbocycles. The number of rotatable bonds is 1. The Morgan fingerprint density at radius 1 is 1.31 bits per heavy atom. The van der Waals surface area contributed by atoms with E-state index in [0.29, 0.717) is 11.4 Å². The summed E-state index contributed by atoms with van der Waals surface area (Å²) in [7, 11) is 1.41. The van der Waals surface area contributed by atoms with Crippen LogP contribution in [0, 0.1) is 0 Å².